The van der Waals surface area contributed by atoms with Crippen LogP contribution in [0, 0.1) is 11.3 Å². The lowest BCUT2D eigenvalue weighted by Gasteiger charge is -2.05. The Hall–Kier alpha value is -2.23. The Kier molecular flexibility index (Phi) is 2.80. The van der Waals surface area contributed by atoms with Crippen LogP contribution in [0.5, 0.6) is 5.75 Å². The molecule has 0 aliphatic heterocycles. The summed E-state index contributed by atoms with van der Waals surface area (Å²) in [6, 6.07) is 2.16. The molecule has 1 aromatic heterocycles. The van der Waals surface area contributed by atoms with Crippen LogP contribution in [0.1, 0.15) is 28.2 Å². The van der Waals surface area contributed by atoms with Gasteiger partial charge in [0.1, 0.15) is 11.8 Å². The van der Waals surface area contributed by atoms with Crippen LogP contribution < -0.4 is 5.73 Å². The number of hydrogen-bond donors (Lipinski definition) is 2. The molecule has 0 aromatic carbocycles. The topological polar surface area (TPSA) is 100 Å². The minimum atomic E-state index is -2.95. The number of rotatable bonds is 2. The summed E-state index contributed by atoms with van der Waals surface area (Å²) in [4.78, 5) is 13.9. The van der Waals surface area contributed by atoms with Gasteiger partial charge in [0.15, 0.2) is 11.4 Å². The number of aromatic hydroxyl groups is 1. The van der Waals surface area contributed by atoms with E-state index in [1.807, 2.05) is 0 Å². The van der Waals surface area contributed by atoms with Crippen LogP contribution in [0.25, 0.3) is 0 Å². The number of nitrogens with zero attached hydrogens (tertiary/aromatic N) is 2. The predicted octanol–water partition coefficient (Wildman–Crippen LogP) is 0.695. The van der Waals surface area contributed by atoms with Crippen molar-refractivity contribution in [2.45, 2.75) is 6.43 Å². The number of nitriles is 1. The van der Waals surface area contributed by atoms with Crippen LogP contribution in [0.2, 0.25) is 0 Å². The van der Waals surface area contributed by atoms with Gasteiger partial charge in [-0.3, -0.25) is 4.79 Å². The summed E-state index contributed by atoms with van der Waals surface area (Å²) < 4.78 is 24.5. The third-order valence-electron chi connectivity index (χ3n) is 1.59. The SMILES string of the molecule is N#Cc1cc(C(F)F)nc(C(N)=O)c1O. The van der Waals surface area contributed by atoms with Crippen molar-refractivity contribution in [3.63, 3.8) is 0 Å². The second kappa shape index (κ2) is 3.88. The minimum absolute atomic E-state index is 0.464. The molecule has 1 rings (SSSR count). The van der Waals surface area contributed by atoms with E-state index in [2.05, 4.69) is 4.98 Å². The number of hydrogen-bond acceptors (Lipinski definition) is 4. The highest BCUT2D eigenvalue weighted by atomic mass is 19.3. The summed E-state index contributed by atoms with van der Waals surface area (Å²) in [5.74, 6) is -1.96. The molecule has 0 saturated heterocycles. The van der Waals surface area contributed by atoms with E-state index in [9.17, 15) is 18.7 Å². The fraction of sp³-hybridized carbons (Fsp3) is 0.125. The standard InChI is InChI=1S/C8H5F2N3O2/c9-7(10)4-1-3(2-11)6(14)5(13-4)8(12)15/h1,7,14H,(H2,12,15). The number of carbonyl (C=O) groups is 1. The van der Waals surface area contributed by atoms with E-state index >= 15 is 0 Å². The third-order valence-corrected chi connectivity index (χ3v) is 1.59. The van der Waals surface area contributed by atoms with Gasteiger partial charge in [0.2, 0.25) is 0 Å². The Morgan fingerprint density at radius 3 is 2.67 bits per heavy atom. The Balaban J connectivity index is 3.47. The number of nitrogens with two attached hydrogens (primary N) is 1. The smallest absolute Gasteiger partial charge is 0.280 e. The Morgan fingerprint density at radius 2 is 2.27 bits per heavy atom. The highest BCUT2D eigenvalue weighted by molar-refractivity contribution is 5.94. The first-order valence-corrected chi connectivity index (χ1v) is 3.69. The Labute approximate surface area is 82.8 Å². The van der Waals surface area contributed by atoms with Gasteiger partial charge in [-0.25, -0.2) is 13.8 Å². The molecule has 0 spiro atoms. The molecular weight excluding hydrogens is 208 g/mol. The fourth-order valence-corrected chi connectivity index (χ4v) is 0.927. The average molecular weight is 213 g/mol. The number of alkyl halides is 2. The molecule has 0 atom stereocenters. The first kappa shape index (κ1) is 10.8. The van der Waals surface area contributed by atoms with Crippen LogP contribution in [-0.4, -0.2) is 16.0 Å². The minimum Gasteiger partial charge on any atom is -0.504 e. The lowest BCUT2D eigenvalue weighted by molar-refractivity contribution is 0.0990. The van der Waals surface area contributed by atoms with Crippen molar-refractivity contribution in [1.82, 2.24) is 4.98 Å². The van der Waals surface area contributed by atoms with Crippen LogP contribution in [0.4, 0.5) is 8.78 Å². The molecule has 0 aliphatic carbocycles. The zero-order valence-corrected chi connectivity index (χ0v) is 7.24. The lowest BCUT2D eigenvalue weighted by atomic mass is 10.1. The molecule has 15 heavy (non-hydrogen) atoms. The highest BCUT2D eigenvalue weighted by Crippen LogP contribution is 2.25. The molecule has 1 amide bonds. The van der Waals surface area contributed by atoms with Crippen molar-refractivity contribution < 1.29 is 18.7 Å². The third kappa shape index (κ3) is 1.99. The van der Waals surface area contributed by atoms with Gasteiger partial charge < -0.3 is 10.8 Å². The maximum Gasteiger partial charge on any atom is 0.280 e. The number of aromatic nitrogens is 1. The normalized spacial score (nSPS) is 10.0. The van der Waals surface area contributed by atoms with Gasteiger partial charge in [-0.1, -0.05) is 0 Å². The van der Waals surface area contributed by atoms with Gasteiger partial charge in [0.25, 0.3) is 12.3 Å². The zero-order chi connectivity index (χ0) is 11.6. The van der Waals surface area contributed by atoms with Crippen LogP contribution in [0.15, 0.2) is 6.07 Å². The average Bonchev–Trinajstić information content (AvgIpc) is 2.17. The Bertz CT molecular complexity index is 454. The van der Waals surface area contributed by atoms with E-state index in [1.54, 1.807) is 0 Å². The summed E-state index contributed by atoms with van der Waals surface area (Å²) in [5.41, 5.74) is 2.82. The first-order valence-electron chi connectivity index (χ1n) is 3.69. The van der Waals surface area contributed by atoms with Gasteiger partial charge in [-0.2, -0.15) is 5.26 Å². The van der Waals surface area contributed by atoms with E-state index < -0.39 is 35.0 Å². The number of amides is 1. The maximum atomic E-state index is 12.3. The zero-order valence-electron chi connectivity index (χ0n) is 7.24. The molecule has 1 heterocycles. The van der Waals surface area contributed by atoms with E-state index in [0.29, 0.717) is 6.07 Å². The molecule has 0 bridgehead atoms. The van der Waals surface area contributed by atoms with Crippen LogP contribution in [-0.2, 0) is 0 Å². The van der Waals surface area contributed by atoms with E-state index in [-0.39, 0.29) is 0 Å². The second-order valence-electron chi connectivity index (χ2n) is 2.57. The van der Waals surface area contributed by atoms with Crippen molar-refractivity contribution >= 4 is 5.91 Å². The van der Waals surface area contributed by atoms with Crippen LogP contribution >= 0.6 is 0 Å². The largest absolute Gasteiger partial charge is 0.504 e. The fourth-order valence-electron chi connectivity index (χ4n) is 0.927. The summed E-state index contributed by atoms with van der Waals surface area (Å²) in [7, 11) is 0. The van der Waals surface area contributed by atoms with Crippen LogP contribution in [0.3, 0.4) is 0 Å². The molecule has 0 aliphatic rings. The van der Waals surface area contributed by atoms with Crippen molar-refractivity contribution in [3.8, 4) is 11.8 Å². The predicted molar refractivity (Wildman–Crippen MR) is 44.1 cm³/mol. The number of primary amides is 1. The van der Waals surface area contributed by atoms with Crippen molar-refractivity contribution in [1.29, 1.82) is 5.26 Å². The highest BCUT2D eigenvalue weighted by Gasteiger charge is 2.19. The van der Waals surface area contributed by atoms with Gasteiger partial charge in [0.05, 0.1) is 5.56 Å². The van der Waals surface area contributed by atoms with E-state index in [0.717, 1.165) is 0 Å². The monoisotopic (exact) mass is 213 g/mol. The number of halogens is 2. The number of carbonyl (C=O) groups excluding carboxylic acids is 1. The lowest BCUT2D eigenvalue weighted by Crippen LogP contribution is -2.15. The molecule has 0 fully saturated rings. The molecule has 5 nitrogen and oxygen atoms in total. The molecule has 0 unspecified atom stereocenters. The van der Waals surface area contributed by atoms with Gasteiger partial charge >= 0.3 is 0 Å². The summed E-state index contributed by atoms with van der Waals surface area (Å²) in [6.07, 6.45) is -2.95. The van der Waals surface area contributed by atoms with E-state index in [1.165, 1.54) is 6.07 Å². The van der Waals surface area contributed by atoms with Gasteiger partial charge in [-0.05, 0) is 6.07 Å². The number of pyridine rings is 1. The molecule has 1 aromatic rings. The molecule has 7 heteroatoms. The summed E-state index contributed by atoms with van der Waals surface area (Å²) in [5, 5.41) is 17.7. The van der Waals surface area contributed by atoms with Gasteiger partial charge in [0, 0.05) is 0 Å². The van der Waals surface area contributed by atoms with Crippen molar-refractivity contribution in [3.05, 3.63) is 23.0 Å². The van der Waals surface area contributed by atoms with Crippen molar-refractivity contribution in [2.75, 3.05) is 0 Å². The van der Waals surface area contributed by atoms with Gasteiger partial charge in [-0.15, -0.1) is 0 Å². The summed E-state index contributed by atoms with van der Waals surface area (Å²) >= 11 is 0. The molecule has 0 radical (unpaired) electrons. The van der Waals surface area contributed by atoms with Crippen molar-refractivity contribution in [2.24, 2.45) is 5.73 Å². The molecule has 0 saturated carbocycles. The molecule has 78 valence electrons. The Morgan fingerprint density at radius 1 is 1.67 bits per heavy atom. The van der Waals surface area contributed by atoms with E-state index in [4.69, 9.17) is 11.0 Å². The molecule has 3 N–H and O–H groups in total. The second-order valence-corrected chi connectivity index (χ2v) is 2.57. The summed E-state index contributed by atoms with van der Waals surface area (Å²) in [6.45, 7) is 0. The molecular formula is C8H5F2N3O2. The first-order chi connectivity index (χ1) is 6.97. The maximum absolute atomic E-state index is 12.3. The quantitative estimate of drug-likeness (QED) is 0.754.